The summed E-state index contributed by atoms with van der Waals surface area (Å²) < 4.78 is 20.8. The van der Waals surface area contributed by atoms with E-state index >= 15 is 0 Å². The first-order valence-corrected chi connectivity index (χ1v) is 3.70. The van der Waals surface area contributed by atoms with Crippen molar-refractivity contribution in [3.8, 4) is 0 Å². The first-order chi connectivity index (χ1) is 3.71. The molecule has 1 N–H and O–H groups in total. The van der Waals surface area contributed by atoms with Crippen molar-refractivity contribution in [2.24, 2.45) is 0 Å². The Kier molecular flexibility index (Phi) is 1.22. The molecule has 0 aromatic carbocycles. The summed E-state index contributed by atoms with van der Waals surface area (Å²) in [6.07, 6.45) is 1.10. The van der Waals surface area contributed by atoms with Gasteiger partial charge >= 0.3 is 0 Å². The summed E-state index contributed by atoms with van der Waals surface area (Å²) in [5.74, 6) is -0.135. The van der Waals surface area contributed by atoms with Crippen molar-refractivity contribution >= 4 is 9.84 Å². The summed E-state index contributed by atoms with van der Waals surface area (Å²) in [4.78, 5) is 4.40. The van der Waals surface area contributed by atoms with Crippen LogP contribution >= 0.6 is 0 Å². The summed E-state index contributed by atoms with van der Waals surface area (Å²) in [7, 11) is -3.00. The van der Waals surface area contributed by atoms with Gasteiger partial charge in [0.1, 0.15) is 12.1 Å². The Morgan fingerprint density at radius 2 is 2.38 bits per heavy atom. The molecule has 1 heterocycles. The molecule has 5 heteroatoms. The van der Waals surface area contributed by atoms with E-state index in [1.807, 2.05) is 0 Å². The fourth-order valence-corrected chi connectivity index (χ4v) is 0.878. The quantitative estimate of drug-likeness (QED) is 0.480. The Bertz CT molecular complexity index is 193. The van der Waals surface area contributed by atoms with Gasteiger partial charge < -0.3 is 4.84 Å². The minimum Gasteiger partial charge on any atom is -0.415 e. The molecule has 0 radical (unpaired) electrons. The fourth-order valence-electron chi connectivity index (χ4n) is 0.325. The van der Waals surface area contributed by atoms with Crippen molar-refractivity contribution in [3.05, 3.63) is 11.7 Å². The third-order valence-electron chi connectivity index (χ3n) is 0.674. The smallest absolute Gasteiger partial charge is 0.190 e. The summed E-state index contributed by atoms with van der Waals surface area (Å²) in [6, 6.07) is 0. The topological polar surface area (TPSA) is 55.4 Å². The van der Waals surface area contributed by atoms with Gasteiger partial charge in [-0.05, 0) is 0 Å². The van der Waals surface area contributed by atoms with Crippen LogP contribution in [-0.2, 0) is 14.7 Å². The molecule has 1 aliphatic rings. The zero-order valence-corrected chi connectivity index (χ0v) is 4.81. The first kappa shape index (κ1) is 5.58. The molecule has 1 rings (SSSR count). The van der Waals surface area contributed by atoms with Gasteiger partial charge in [-0.1, -0.05) is 0 Å². The van der Waals surface area contributed by atoms with Crippen LogP contribution < -0.4 is 5.48 Å². The Balaban J connectivity index is 2.87. The Hall–Kier alpha value is -0.550. The molecule has 0 spiro atoms. The van der Waals surface area contributed by atoms with E-state index in [9.17, 15) is 8.42 Å². The standard InChI is InChI=1S/C3H5NO3S/c5-8(6)2-1-7-4-3-8/h1-2,4H,3H2. The highest BCUT2D eigenvalue weighted by Gasteiger charge is 2.08. The van der Waals surface area contributed by atoms with Crippen LogP contribution in [0.2, 0.25) is 0 Å². The minimum absolute atomic E-state index is 0.135. The molecule has 0 aromatic rings. The SMILES string of the molecule is O=S1(=O)C=CONC1. The molecule has 8 heavy (non-hydrogen) atoms. The number of hydrogen-bond donors (Lipinski definition) is 1. The number of rotatable bonds is 0. The van der Waals surface area contributed by atoms with Crippen LogP contribution in [0.4, 0.5) is 0 Å². The summed E-state index contributed by atoms with van der Waals surface area (Å²) in [6.45, 7) is 0. The number of hydroxylamine groups is 1. The molecule has 4 nitrogen and oxygen atoms in total. The molecule has 0 aromatic heterocycles. The second-order valence-corrected chi connectivity index (χ2v) is 3.23. The highest BCUT2D eigenvalue weighted by Crippen LogP contribution is 1.94. The molecule has 46 valence electrons. The van der Waals surface area contributed by atoms with Gasteiger partial charge in [-0.15, -0.1) is 5.48 Å². The highest BCUT2D eigenvalue weighted by atomic mass is 32.2. The van der Waals surface area contributed by atoms with E-state index in [4.69, 9.17) is 0 Å². The molecule has 0 saturated carbocycles. The van der Waals surface area contributed by atoms with Gasteiger partial charge in [0, 0.05) is 0 Å². The van der Waals surface area contributed by atoms with Crippen molar-refractivity contribution in [1.29, 1.82) is 0 Å². The maximum absolute atomic E-state index is 10.4. The Morgan fingerprint density at radius 3 is 2.62 bits per heavy atom. The molecule has 0 aliphatic carbocycles. The first-order valence-electron chi connectivity index (χ1n) is 1.98. The van der Waals surface area contributed by atoms with Gasteiger partial charge in [0.05, 0.1) is 5.41 Å². The van der Waals surface area contributed by atoms with Crippen molar-refractivity contribution < 1.29 is 13.3 Å². The van der Waals surface area contributed by atoms with Crippen molar-refractivity contribution in [1.82, 2.24) is 5.48 Å². The number of sulfone groups is 1. The predicted octanol–water partition coefficient (Wildman–Crippen LogP) is -0.635. The fraction of sp³-hybridized carbons (Fsp3) is 0.333. The second-order valence-electron chi connectivity index (χ2n) is 1.34. The van der Waals surface area contributed by atoms with E-state index in [0.717, 1.165) is 11.7 Å². The highest BCUT2D eigenvalue weighted by molar-refractivity contribution is 7.94. The van der Waals surface area contributed by atoms with Crippen LogP contribution in [0.25, 0.3) is 0 Å². The summed E-state index contributed by atoms with van der Waals surface area (Å²) in [5.41, 5.74) is 2.20. The van der Waals surface area contributed by atoms with Gasteiger partial charge in [0.15, 0.2) is 9.84 Å². The molecule has 0 unspecified atom stereocenters. The van der Waals surface area contributed by atoms with Crippen LogP contribution in [0.5, 0.6) is 0 Å². The number of hydrogen-bond acceptors (Lipinski definition) is 4. The molecule has 1 aliphatic heterocycles. The molecule has 0 atom stereocenters. The summed E-state index contributed by atoms with van der Waals surface area (Å²) >= 11 is 0. The average Bonchev–Trinajstić information content (AvgIpc) is 1.65. The van der Waals surface area contributed by atoms with E-state index in [2.05, 4.69) is 10.3 Å². The molecular formula is C3H5NO3S. The van der Waals surface area contributed by atoms with Crippen LogP contribution in [-0.4, -0.2) is 14.3 Å². The van der Waals surface area contributed by atoms with E-state index in [0.29, 0.717) is 0 Å². The van der Waals surface area contributed by atoms with Crippen molar-refractivity contribution in [2.75, 3.05) is 5.88 Å². The molecule has 0 saturated heterocycles. The lowest BCUT2D eigenvalue weighted by Crippen LogP contribution is -2.23. The predicted molar refractivity (Wildman–Crippen MR) is 27.1 cm³/mol. The van der Waals surface area contributed by atoms with E-state index in [-0.39, 0.29) is 5.88 Å². The van der Waals surface area contributed by atoms with Gasteiger partial charge in [-0.3, -0.25) is 0 Å². The van der Waals surface area contributed by atoms with Gasteiger partial charge in [0.2, 0.25) is 0 Å². The zero-order valence-electron chi connectivity index (χ0n) is 3.99. The van der Waals surface area contributed by atoms with Crippen molar-refractivity contribution in [3.63, 3.8) is 0 Å². The lowest BCUT2D eigenvalue weighted by Gasteiger charge is -2.05. The molecule has 0 amide bonds. The van der Waals surface area contributed by atoms with E-state index < -0.39 is 9.84 Å². The van der Waals surface area contributed by atoms with Gasteiger partial charge in [0.25, 0.3) is 0 Å². The van der Waals surface area contributed by atoms with Gasteiger partial charge in [-0.2, -0.15) is 0 Å². The molecular weight excluding hydrogens is 130 g/mol. The Labute approximate surface area is 47.0 Å². The van der Waals surface area contributed by atoms with Crippen LogP contribution in [0.1, 0.15) is 0 Å². The number of nitrogens with one attached hydrogen (secondary N) is 1. The van der Waals surface area contributed by atoms with E-state index in [1.54, 1.807) is 0 Å². The van der Waals surface area contributed by atoms with E-state index in [1.165, 1.54) is 0 Å². The summed E-state index contributed by atoms with van der Waals surface area (Å²) in [5, 5.41) is 1.02. The third-order valence-corrected chi connectivity index (χ3v) is 1.72. The third kappa shape index (κ3) is 1.21. The largest absolute Gasteiger partial charge is 0.415 e. The van der Waals surface area contributed by atoms with Crippen LogP contribution in [0.3, 0.4) is 0 Å². The lowest BCUT2D eigenvalue weighted by molar-refractivity contribution is 0.148. The minimum atomic E-state index is -3.00. The Morgan fingerprint density at radius 1 is 1.62 bits per heavy atom. The molecule has 0 fully saturated rings. The van der Waals surface area contributed by atoms with Crippen LogP contribution in [0.15, 0.2) is 11.7 Å². The van der Waals surface area contributed by atoms with Crippen LogP contribution in [0, 0.1) is 0 Å². The second kappa shape index (κ2) is 1.75. The maximum Gasteiger partial charge on any atom is 0.190 e. The molecule has 0 bridgehead atoms. The lowest BCUT2D eigenvalue weighted by atomic mass is 11.1. The average molecular weight is 135 g/mol. The van der Waals surface area contributed by atoms with Crippen molar-refractivity contribution in [2.45, 2.75) is 0 Å². The zero-order chi connectivity index (χ0) is 6.04. The van der Waals surface area contributed by atoms with Gasteiger partial charge in [-0.25, -0.2) is 8.42 Å². The maximum atomic E-state index is 10.4. The monoisotopic (exact) mass is 135 g/mol. The normalized spacial score (nSPS) is 24.5.